The molecule has 2 aromatic rings. The number of hydrogen-bond acceptors (Lipinski definition) is 2. The number of hydrogen-bond donors (Lipinski definition) is 1. The van der Waals surface area contributed by atoms with Crippen LogP contribution < -0.4 is 5.32 Å². The summed E-state index contributed by atoms with van der Waals surface area (Å²) in [7, 11) is 0. The van der Waals surface area contributed by atoms with Gasteiger partial charge in [-0.05, 0) is 41.0 Å². The van der Waals surface area contributed by atoms with Crippen LogP contribution in [0.2, 0.25) is 0 Å². The van der Waals surface area contributed by atoms with Crippen LogP contribution in [0.5, 0.6) is 0 Å². The average molecular weight is 310 g/mol. The minimum atomic E-state index is 0.303. The van der Waals surface area contributed by atoms with Crippen molar-refractivity contribution in [2.24, 2.45) is 0 Å². The van der Waals surface area contributed by atoms with Gasteiger partial charge in [0.05, 0.1) is 6.04 Å². The molecule has 90 valence electrons. The predicted molar refractivity (Wildman–Crippen MR) is 78.7 cm³/mol. The van der Waals surface area contributed by atoms with E-state index in [1.807, 2.05) is 0 Å². The van der Waals surface area contributed by atoms with Gasteiger partial charge in [-0.2, -0.15) is 0 Å². The minimum absolute atomic E-state index is 0.303. The van der Waals surface area contributed by atoms with Crippen LogP contribution in [-0.2, 0) is 0 Å². The first kappa shape index (κ1) is 12.8. The molecule has 1 atom stereocenters. The lowest BCUT2D eigenvalue weighted by Gasteiger charge is -2.17. The van der Waals surface area contributed by atoms with Gasteiger partial charge in [-0.15, -0.1) is 11.3 Å². The lowest BCUT2D eigenvalue weighted by atomic mass is 10.0. The van der Waals surface area contributed by atoms with Crippen molar-refractivity contribution in [3.05, 3.63) is 56.2 Å². The van der Waals surface area contributed by atoms with E-state index in [2.05, 4.69) is 70.8 Å². The molecule has 2 rings (SSSR count). The number of thiophene rings is 1. The van der Waals surface area contributed by atoms with Crippen LogP contribution >= 0.6 is 27.3 Å². The Morgan fingerprint density at radius 3 is 2.53 bits per heavy atom. The highest BCUT2D eigenvalue weighted by atomic mass is 79.9. The van der Waals surface area contributed by atoms with E-state index < -0.39 is 0 Å². The van der Waals surface area contributed by atoms with Gasteiger partial charge in [0.25, 0.3) is 0 Å². The van der Waals surface area contributed by atoms with Crippen molar-refractivity contribution in [3.8, 4) is 0 Å². The van der Waals surface area contributed by atoms with Crippen molar-refractivity contribution in [2.75, 3.05) is 6.54 Å². The Morgan fingerprint density at radius 2 is 2.00 bits per heavy atom. The average Bonchev–Trinajstić information content (AvgIpc) is 2.74. The molecule has 0 spiro atoms. The Bertz CT molecular complexity index is 475. The van der Waals surface area contributed by atoms with Crippen LogP contribution in [0, 0.1) is 6.92 Å². The molecular formula is C14H16BrNS. The molecule has 1 N–H and O–H groups in total. The topological polar surface area (TPSA) is 12.0 Å². The van der Waals surface area contributed by atoms with Crippen LogP contribution in [0.4, 0.5) is 0 Å². The minimum Gasteiger partial charge on any atom is -0.306 e. The van der Waals surface area contributed by atoms with Crippen molar-refractivity contribution in [3.63, 3.8) is 0 Å². The van der Waals surface area contributed by atoms with Gasteiger partial charge in [0.1, 0.15) is 0 Å². The summed E-state index contributed by atoms with van der Waals surface area (Å²) in [6.07, 6.45) is 0. The summed E-state index contributed by atoms with van der Waals surface area (Å²) in [5, 5.41) is 5.67. The van der Waals surface area contributed by atoms with Crippen LogP contribution in [0.3, 0.4) is 0 Å². The van der Waals surface area contributed by atoms with Crippen LogP contribution in [0.1, 0.15) is 29.0 Å². The maximum absolute atomic E-state index is 3.54. The number of benzene rings is 1. The molecule has 0 saturated carbocycles. The van der Waals surface area contributed by atoms with Gasteiger partial charge in [-0.25, -0.2) is 0 Å². The summed E-state index contributed by atoms with van der Waals surface area (Å²) in [4.78, 5) is 1.35. The lowest BCUT2D eigenvalue weighted by Crippen LogP contribution is -2.20. The number of aryl methyl sites for hydroxylation is 1. The molecule has 0 aliphatic rings. The summed E-state index contributed by atoms with van der Waals surface area (Å²) >= 11 is 5.31. The Morgan fingerprint density at radius 1 is 1.29 bits per heavy atom. The smallest absolute Gasteiger partial charge is 0.0671 e. The van der Waals surface area contributed by atoms with Crippen molar-refractivity contribution >= 4 is 27.3 Å². The van der Waals surface area contributed by atoms with Gasteiger partial charge in [-0.1, -0.05) is 36.8 Å². The molecule has 0 aliphatic heterocycles. The van der Waals surface area contributed by atoms with Gasteiger partial charge >= 0.3 is 0 Å². The fraction of sp³-hybridized carbons (Fsp3) is 0.286. The monoisotopic (exact) mass is 309 g/mol. The molecule has 0 radical (unpaired) electrons. The van der Waals surface area contributed by atoms with E-state index in [0.29, 0.717) is 6.04 Å². The summed E-state index contributed by atoms with van der Waals surface area (Å²) in [5.41, 5.74) is 2.63. The molecule has 0 fully saturated rings. The predicted octanol–water partition coefficient (Wildman–Crippen LogP) is 4.52. The van der Waals surface area contributed by atoms with Crippen molar-refractivity contribution in [1.29, 1.82) is 0 Å². The second kappa shape index (κ2) is 5.80. The van der Waals surface area contributed by atoms with E-state index in [1.54, 1.807) is 11.3 Å². The van der Waals surface area contributed by atoms with Gasteiger partial charge in [-0.3, -0.25) is 0 Å². The molecule has 1 heterocycles. The van der Waals surface area contributed by atoms with Crippen molar-refractivity contribution in [1.82, 2.24) is 5.32 Å². The highest BCUT2D eigenvalue weighted by molar-refractivity contribution is 9.10. The molecule has 1 nitrogen and oxygen atoms in total. The second-order valence-electron chi connectivity index (χ2n) is 4.07. The maximum Gasteiger partial charge on any atom is 0.0671 e. The SMILES string of the molecule is CCNC(c1ccc(C)cc1)c1cc(Br)cs1. The third-order valence-electron chi connectivity index (χ3n) is 2.69. The van der Waals surface area contributed by atoms with Crippen LogP contribution in [0.25, 0.3) is 0 Å². The number of nitrogens with one attached hydrogen (secondary N) is 1. The fourth-order valence-electron chi connectivity index (χ4n) is 1.83. The lowest BCUT2D eigenvalue weighted by molar-refractivity contribution is 0.639. The first-order chi connectivity index (χ1) is 8.20. The third-order valence-corrected chi connectivity index (χ3v) is 4.45. The number of halogens is 1. The highest BCUT2D eigenvalue weighted by Gasteiger charge is 2.14. The standard InChI is InChI=1S/C14H16BrNS/c1-3-16-14(13-8-12(15)9-17-13)11-6-4-10(2)5-7-11/h4-9,14,16H,3H2,1-2H3. The Hall–Kier alpha value is -0.640. The fourth-order valence-corrected chi connectivity index (χ4v) is 3.37. The van der Waals surface area contributed by atoms with Crippen LogP contribution in [-0.4, -0.2) is 6.54 Å². The highest BCUT2D eigenvalue weighted by Crippen LogP contribution is 2.30. The van der Waals surface area contributed by atoms with Gasteiger partial charge < -0.3 is 5.32 Å². The van der Waals surface area contributed by atoms with Crippen molar-refractivity contribution in [2.45, 2.75) is 19.9 Å². The summed E-state index contributed by atoms with van der Waals surface area (Å²) in [6.45, 7) is 5.23. The van der Waals surface area contributed by atoms with Crippen molar-refractivity contribution < 1.29 is 0 Å². The zero-order chi connectivity index (χ0) is 12.3. The molecule has 1 unspecified atom stereocenters. The van der Waals surface area contributed by atoms with E-state index in [0.717, 1.165) is 11.0 Å². The largest absolute Gasteiger partial charge is 0.306 e. The Labute approximate surface area is 115 Å². The normalized spacial score (nSPS) is 12.6. The zero-order valence-corrected chi connectivity index (χ0v) is 12.4. The molecule has 0 amide bonds. The van der Waals surface area contributed by atoms with E-state index in [4.69, 9.17) is 0 Å². The molecule has 3 heteroatoms. The first-order valence-corrected chi connectivity index (χ1v) is 7.42. The number of rotatable bonds is 4. The molecule has 1 aromatic heterocycles. The summed E-state index contributed by atoms with van der Waals surface area (Å²) < 4.78 is 1.16. The molecule has 0 saturated heterocycles. The molecular weight excluding hydrogens is 294 g/mol. The van der Waals surface area contributed by atoms with Gasteiger partial charge in [0.2, 0.25) is 0 Å². The zero-order valence-electron chi connectivity index (χ0n) is 10.0. The molecule has 1 aromatic carbocycles. The summed E-state index contributed by atoms with van der Waals surface area (Å²) in [5.74, 6) is 0. The Kier molecular flexibility index (Phi) is 4.37. The maximum atomic E-state index is 3.54. The van der Waals surface area contributed by atoms with Gasteiger partial charge in [0, 0.05) is 14.7 Å². The first-order valence-electron chi connectivity index (χ1n) is 5.74. The third kappa shape index (κ3) is 3.18. The van der Waals surface area contributed by atoms with E-state index in [-0.39, 0.29) is 0 Å². The second-order valence-corrected chi connectivity index (χ2v) is 5.93. The van der Waals surface area contributed by atoms with E-state index in [1.165, 1.54) is 16.0 Å². The molecule has 17 heavy (non-hydrogen) atoms. The van der Waals surface area contributed by atoms with Gasteiger partial charge in [0.15, 0.2) is 0 Å². The quantitative estimate of drug-likeness (QED) is 0.875. The van der Waals surface area contributed by atoms with E-state index in [9.17, 15) is 0 Å². The Balaban J connectivity index is 2.31. The summed E-state index contributed by atoms with van der Waals surface area (Å²) in [6, 6.07) is 11.2. The molecule has 0 bridgehead atoms. The molecule has 0 aliphatic carbocycles. The van der Waals surface area contributed by atoms with Crippen LogP contribution in [0.15, 0.2) is 40.2 Å². The van der Waals surface area contributed by atoms with E-state index >= 15 is 0 Å².